The minimum Gasteiger partial charge on any atom is -0.496 e. The molecule has 0 N–H and O–H groups in total. The number of hydrogen-bond acceptors (Lipinski definition) is 8. The molecule has 2 aromatic carbocycles. The van der Waals surface area contributed by atoms with Gasteiger partial charge in [-0.25, -0.2) is 9.79 Å². The second-order valence-electron chi connectivity index (χ2n) is 11.1. The van der Waals surface area contributed by atoms with Crippen LogP contribution in [0.2, 0.25) is 0 Å². The van der Waals surface area contributed by atoms with Crippen LogP contribution in [0.3, 0.4) is 0 Å². The van der Waals surface area contributed by atoms with Gasteiger partial charge in [0, 0.05) is 31.9 Å². The van der Waals surface area contributed by atoms with Gasteiger partial charge in [-0.15, -0.1) is 11.3 Å². The van der Waals surface area contributed by atoms with E-state index in [1.165, 1.54) is 11.3 Å². The molecule has 0 radical (unpaired) electrons. The van der Waals surface area contributed by atoms with Crippen LogP contribution >= 0.6 is 38.6 Å². The van der Waals surface area contributed by atoms with Crippen LogP contribution < -0.4 is 19.6 Å². The van der Waals surface area contributed by atoms with Crippen LogP contribution in [0, 0.1) is 39.0 Å². The topological polar surface area (TPSA) is 98.6 Å². The quantitative estimate of drug-likeness (QED) is 0.175. The number of fused-ring (bicyclic) bond motifs is 1. The van der Waals surface area contributed by atoms with Crippen molar-refractivity contribution < 1.29 is 14.3 Å². The molecule has 1 aliphatic heterocycles. The number of thiazole rings is 1. The van der Waals surface area contributed by atoms with Gasteiger partial charge in [-0.05, 0) is 76.1 Å². The number of thiophene rings is 1. The lowest BCUT2D eigenvalue weighted by molar-refractivity contribution is -0.138. The lowest BCUT2D eigenvalue weighted by Crippen LogP contribution is -2.40. The van der Waals surface area contributed by atoms with Crippen LogP contribution in [0.15, 0.2) is 74.4 Å². The van der Waals surface area contributed by atoms with Crippen LogP contribution in [0.5, 0.6) is 5.75 Å². The number of hydrogen-bond donors (Lipinski definition) is 0. The monoisotopic (exact) mass is 726 g/mol. The second kappa shape index (κ2) is 13.0. The third-order valence-electron chi connectivity index (χ3n) is 8.30. The Balaban J connectivity index is 1.64. The first-order chi connectivity index (χ1) is 22.6. The Kier molecular flexibility index (Phi) is 8.94. The molecule has 0 fully saturated rings. The van der Waals surface area contributed by atoms with Crippen LogP contribution in [0.25, 0.3) is 16.8 Å². The van der Waals surface area contributed by atoms with Gasteiger partial charge >= 0.3 is 5.97 Å². The number of esters is 1. The predicted molar refractivity (Wildman–Crippen MR) is 189 cm³/mol. The van der Waals surface area contributed by atoms with Gasteiger partial charge in [-0.1, -0.05) is 57.6 Å². The lowest BCUT2D eigenvalue weighted by Gasteiger charge is -2.27. The number of nitrogens with zero attached hydrogens (tertiary/aromatic N) is 4. The Hall–Kier alpha value is -4.50. The molecule has 47 heavy (non-hydrogen) atoms. The summed E-state index contributed by atoms with van der Waals surface area (Å²) in [6.45, 7) is 9.88. The molecule has 5 aromatic rings. The summed E-state index contributed by atoms with van der Waals surface area (Å²) < 4.78 is 16.2. The van der Waals surface area contributed by atoms with Gasteiger partial charge in [0.25, 0.3) is 5.56 Å². The zero-order chi connectivity index (χ0) is 33.6. The van der Waals surface area contributed by atoms with Gasteiger partial charge in [0.05, 0.1) is 35.1 Å². The first kappa shape index (κ1) is 32.4. The Labute approximate surface area is 288 Å². The maximum atomic E-state index is 14.5. The zero-order valence-electron chi connectivity index (χ0n) is 26.7. The van der Waals surface area contributed by atoms with Crippen molar-refractivity contribution in [1.29, 1.82) is 5.26 Å². The highest BCUT2D eigenvalue weighted by Crippen LogP contribution is 2.40. The SMILES string of the molecule is CCOC(=O)C1=C(c2ccccc2)N=c2s/c(=C\c3cc(C)n(-c4sc(C)c(C)c4C#N)c3C)c(=O)n2[C@@H]1c1cc(Br)ccc1OC. The third kappa shape index (κ3) is 5.60. The van der Waals surface area contributed by atoms with Gasteiger partial charge in [-0.3, -0.25) is 9.36 Å². The Morgan fingerprint density at radius 2 is 1.85 bits per heavy atom. The van der Waals surface area contributed by atoms with E-state index in [0.717, 1.165) is 42.4 Å². The number of carbonyl (C=O) groups excluding carboxylic acids is 1. The molecule has 4 heterocycles. The van der Waals surface area contributed by atoms with Crippen molar-refractivity contribution >= 4 is 56.3 Å². The van der Waals surface area contributed by atoms with Gasteiger partial charge in [0.1, 0.15) is 22.9 Å². The van der Waals surface area contributed by atoms with E-state index < -0.39 is 12.0 Å². The summed E-state index contributed by atoms with van der Waals surface area (Å²) in [6, 6.07) is 18.5. The molecule has 8 nitrogen and oxygen atoms in total. The number of nitriles is 1. The zero-order valence-corrected chi connectivity index (χ0v) is 29.9. The molecule has 0 amide bonds. The van der Waals surface area contributed by atoms with Crippen molar-refractivity contribution in [3.8, 4) is 16.8 Å². The largest absolute Gasteiger partial charge is 0.496 e. The summed E-state index contributed by atoms with van der Waals surface area (Å²) in [5.74, 6) is -0.0444. The number of aromatic nitrogens is 2. The van der Waals surface area contributed by atoms with Crippen LogP contribution in [-0.4, -0.2) is 28.8 Å². The first-order valence-corrected chi connectivity index (χ1v) is 17.3. The molecule has 0 spiro atoms. The predicted octanol–water partition coefficient (Wildman–Crippen LogP) is 6.66. The van der Waals surface area contributed by atoms with Crippen molar-refractivity contribution in [2.75, 3.05) is 13.7 Å². The number of ether oxygens (including phenoxy) is 2. The molecule has 3 aromatic heterocycles. The molecule has 0 saturated carbocycles. The highest BCUT2D eigenvalue weighted by atomic mass is 79.9. The highest BCUT2D eigenvalue weighted by Gasteiger charge is 2.37. The molecule has 238 valence electrons. The summed E-state index contributed by atoms with van der Waals surface area (Å²) in [5.41, 5.74) is 6.09. The summed E-state index contributed by atoms with van der Waals surface area (Å²) >= 11 is 6.42. The van der Waals surface area contributed by atoms with E-state index in [-0.39, 0.29) is 17.7 Å². The van der Waals surface area contributed by atoms with Crippen molar-refractivity contribution in [1.82, 2.24) is 9.13 Å². The van der Waals surface area contributed by atoms with Gasteiger partial charge in [-0.2, -0.15) is 5.26 Å². The minimum atomic E-state index is -0.877. The maximum Gasteiger partial charge on any atom is 0.338 e. The minimum absolute atomic E-state index is 0.156. The normalized spacial score (nSPS) is 14.5. The van der Waals surface area contributed by atoms with E-state index in [2.05, 4.69) is 26.6 Å². The van der Waals surface area contributed by atoms with Gasteiger partial charge < -0.3 is 14.0 Å². The summed E-state index contributed by atoms with van der Waals surface area (Å²) in [7, 11) is 1.56. The third-order valence-corrected chi connectivity index (χ3v) is 11.0. The van der Waals surface area contributed by atoms with E-state index in [1.807, 2.05) is 82.3 Å². The average molecular weight is 728 g/mol. The van der Waals surface area contributed by atoms with Gasteiger partial charge in [0.2, 0.25) is 0 Å². The standard InChI is InChI=1S/C36H31BrN4O4S2/c1-7-45-35(43)30-31(23-11-9-8-10-12-23)39-36-41(32(30)26-17-25(37)13-14-28(26)44-6)33(42)29(47-36)16-24-15-19(2)40(21(24)4)34-27(18-38)20(3)22(5)46-34/h8-17,32H,7H2,1-6H3/b29-16-/t32-/m1/s1. The van der Waals surface area contributed by atoms with Crippen molar-refractivity contribution in [3.63, 3.8) is 0 Å². The Morgan fingerprint density at radius 1 is 1.11 bits per heavy atom. The van der Waals surface area contributed by atoms with Crippen LogP contribution in [0.4, 0.5) is 0 Å². The van der Waals surface area contributed by atoms with Gasteiger partial charge in [0.15, 0.2) is 4.80 Å². The molecular weight excluding hydrogens is 696 g/mol. The number of halogens is 1. The highest BCUT2D eigenvalue weighted by molar-refractivity contribution is 9.10. The Morgan fingerprint density at radius 3 is 2.53 bits per heavy atom. The Bertz CT molecular complexity index is 2320. The number of rotatable bonds is 7. The number of carbonyl (C=O) groups is 1. The molecule has 1 atom stereocenters. The fourth-order valence-corrected chi connectivity index (χ4v) is 8.53. The smallest absolute Gasteiger partial charge is 0.338 e. The van der Waals surface area contributed by atoms with Crippen molar-refractivity contribution in [2.45, 2.75) is 40.7 Å². The van der Waals surface area contributed by atoms with E-state index in [4.69, 9.17) is 14.5 Å². The fourth-order valence-electron chi connectivity index (χ4n) is 5.94. The first-order valence-electron chi connectivity index (χ1n) is 14.9. The van der Waals surface area contributed by atoms with E-state index in [1.54, 1.807) is 36.0 Å². The molecule has 6 rings (SSSR count). The van der Waals surface area contributed by atoms with E-state index in [0.29, 0.717) is 31.9 Å². The maximum absolute atomic E-state index is 14.5. The molecule has 0 aliphatic carbocycles. The molecule has 0 unspecified atom stereocenters. The van der Waals surface area contributed by atoms with Crippen molar-refractivity contribution in [2.24, 2.45) is 4.99 Å². The number of aryl methyl sites for hydroxylation is 2. The molecule has 0 bridgehead atoms. The molecule has 11 heteroatoms. The average Bonchev–Trinajstić information content (AvgIpc) is 3.64. The lowest BCUT2D eigenvalue weighted by atomic mass is 9.92. The second-order valence-corrected chi connectivity index (χ2v) is 14.2. The van der Waals surface area contributed by atoms with Crippen LogP contribution in [0.1, 0.15) is 57.0 Å². The van der Waals surface area contributed by atoms with E-state index in [9.17, 15) is 14.9 Å². The van der Waals surface area contributed by atoms with Crippen LogP contribution in [-0.2, 0) is 9.53 Å². The summed E-state index contributed by atoms with van der Waals surface area (Å²) in [4.78, 5) is 34.8. The number of methoxy groups -OCH3 is 1. The molecular formula is C36H31BrN4O4S2. The molecule has 1 aliphatic rings. The van der Waals surface area contributed by atoms with E-state index >= 15 is 0 Å². The summed E-state index contributed by atoms with van der Waals surface area (Å²) in [6.07, 6.45) is 1.87. The van der Waals surface area contributed by atoms with Crippen molar-refractivity contribution in [3.05, 3.63) is 128 Å². The fraction of sp³-hybridized carbons (Fsp3) is 0.222. The molecule has 0 saturated heterocycles. The summed E-state index contributed by atoms with van der Waals surface area (Å²) in [5, 5.41) is 10.8. The number of benzene rings is 2.